The van der Waals surface area contributed by atoms with Gasteiger partial charge in [0.15, 0.2) is 11.5 Å². The Hall–Kier alpha value is -4.06. The molecule has 12 nitrogen and oxygen atoms in total. The van der Waals surface area contributed by atoms with Crippen molar-refractivity contribution in [3.63, 3.8) is 0 Å². The molecule has 0 radical (unpaired) electrons. The molecule has 3 aromatic rings. The summed E-state index contributed by atoms with van der Waals surface area (Å²) in [5, 5.41) is 0. The third-order valence-corrected chi connectivity index (χ3v) is 7.71. The van der Waals surface area contributed by atoms with E-state index in [0.29, 0.717) is 42.7 Å². The van der Waals surface area contributed by atoms with Gasteiger partial charge in [0.1, 0.15) is 17.9 Å². The molecule has 1 fully saturated rings. The topological polar surface area (TPSA) is 141 Å². The van der Waals surface area contributed by atoms with Crippen LogP contribution in [0.15, 0.2) is 41.3 Å². The van der Waals surface area contributed by atoms with Crippen molar-refractivity contribution in [2.45, 2.75) is 64.5 Å². The minimum atomic E-state index is -0.275. The molecule has 0 aliphatic carbocycles. The van der Waals surface area contributed by atoms with E-state index >= 15 is 0 Å². The van der Waals surface area contributed by atoms with Crippen LogP contribution >= 0.6 is 0 Å². The molecule has 0 bridgehead atoms. The number of hydrogen-bond donors (Lipinski definition) is 2. The van der Waals surface area contributed by atoms with Crippen LogP contribution in [0.3, 0.4) is 0 Å². The molecule has 3 N–H and O–H groups in total. The van der Waals surface area contributed by atoms with Gasteiger partial charge < -0.3 is 29.8 Å². The summed E-state index contributed by atoms with van der Waals surface area (Å²) in [6.07, 6.45) is 10.4. The van der Waals surface area contributed by atoms with Gasteiger partial charge in [-0.3, -0.25) is 14.3 Å². The molecule has 0 saturated carbocycles. The molecule has 4 rings (SSSR count). The molecule has 1 aliphatic rings. The molecule has 43 heavy (non-hydrogen) atoms. The molecule has 1 saturated heterocycles. The quantitative estimate of drug-likeness (QED) is 0.187. The van der Waals surface area contributed by atoms with Crippen LogP contribution in [-0.4, -0.2) is 88.3 Å². The number of nitrogens with zero attached hydrogens (tertiary/aromatic N) is 5. The summed E-state index contributed by atoms with van der Waals surface area (Å²) in [6, 6.07) is 8.07. The summed E-state index contributed by atoms with van der Waals surface area (Å²) in [7, 11) is 3.44. The van der Waals surface area contributed by atoms with Crippen molar-refractivity contribution in [2.75, 3.05) is 52.7 Å². The predicted octanol–water partition coefficient (Wildman–Crippen LogP) is 3.37. The molecule has 2 aromatic heterocycles. The molecule has 0 amide bonds. The Morgan fingerprint density at radius 2 is 2.09 bits per heavy atom. The first-order valence-corrected chi connectivity index (χ1v) is 15.2. The van der Waals surface area contributed by atoms with E-state index in [0.717, 1.165) is 50.9 Å². The van der Waals surface area contributed by atoms with Gasteiger partial charge in [0, 0.05) is 32.7 Å². The van der Waals surface area contributed by atoms with E-state index in [9.17, 15) is 9.59 Å². The smallest absolute Gasteiger partial charge is 0.327 e. The van der Waals surface area contributed by atoms with E-state index in [1.165, 1.54) is 20.0 Å². The molecule has 234 valence electrons. The Morgan fingerprint density at radius 3 is 2.91 bits per heavy atom. The monoisotopic (exact) mass is 595 g/mol. The van der Waals surface area contributed by atoms with Crippen LogP contribution in [0.25, 0.3) is 11.2 Å². The lowest BCUT2D eigenvalue weighted by Crippen LogP contribution is -2.43. The number of likely N-dealkylation sites (N-methyl/N-ethyl adjacent to an activating group) is 1. The number of fused-ring (bicyclic) bond motifs is 1. The Kier molecular flexibility index (Phi) is 11.8. The maximum absolute atomic E-state index is 12.8. The van der Waals surface area contributed by atoms with Crippen LogP contribution in [-0.2, 0) is 22.5 Å². The number of aryl methyl sites for hydroxylation is 1. The van der Waals surface area contributed by atoms with Gasteiger partial charge in [-0.25, -0.2) is 4.79 Å². The predicted molar refractivity (Wildman–Crippen MR) is 166 cm³/mol. The van der Waals surface area contributed by atoms with Crippen molar-refractivity contribution in [1.29, 1.82) is 0 Å². The van der Waals surface area contributed by atoms with Crippen molar-refractivity contribution in [1.82, 2.24) is 29.3 Å². The van der Waals surface area contributed by atoms with E-state index < -0.39 is 0 Å². The molecule has 1 atom stereocenters. The third-order valence-electron chi connectivity index (χ3n) is 7.71. The van der Waals surface area contributed by atoms with Crippen LogP contribution < -0.4 is 20.9 Å². The van der Waals surface area contributed by atoms with E-state index in [-0.39, 0.29) is 29.9 Å². The first kappa shape index (κ1) is 31.9. The van der Waals surface area contributed by atoms with E-state index in [1.807, 2.05) is 36.5 Å². The van der Waals surface area contributed by atoms with E-state index in [1.54, 1.807) is 4.57 Å². The van der Waals surface area contributed by atoms with Crippen LogP contribution in [0.5, 0.6) is 11.8 Å². The van der Waals surface area contributed by atoms with Crippen molar-refractivity contribution in [2.24, 2.45) is 0 Å². The number of anilines is 1. The normalized spacial score (nSPS) is 15.7. The average Bonchev–Trinajstić information content (AvgIpc) is 3.33. The Bertz CT molecular complexity index is 1420. The van der Waals surface area contributed by atoms with Gasteiger partial charge in [0.2, 0.25) is 0 Å². The lowest BCUT2D eigenvalue weighted by molar-refractivity contribution is -0.139. The number of rotatable bonds is 16. The highest BCUT2D eigenvalue weighted by Crippen LogP contribution is 2.22. The van der Waals surface area contributed by atoms with Crippen molar-refractivity contribution in [3.05, 3.63) is 52.6 Å². The number of methoxy groups -OCH3 is 1. The standard InChI is InChI=1S/C31H45N7O5/c1-4-5-19-43-30-34-28(32)27-29(35-30)38(31(40)33-27)16-13-24-11-6-7-15-37(24)18-17-36(2)14-9-20-42-25-12-8-10-23(21-25)22-26(39)41-3/h8-10,12,14,21,24H,4-7,11,13,15-20,22H2,1-3H3,(H,33,40)(H2,32,34,35)/b14-9+. The number of carbonyl (C=O) groups is 1. The van der Waals surface area contributed by atoms with Gasteiger partial charge >= 0.3 is 17.7 Å². The number of nitrogens with one attached hydrogen (secondary N) is 1. The van der Waals surface area contributed by atoms with Gasteiger partial charge in [-0.2, -0.15) is 9.97 Å². The zero-order chi connectivity index (χ0) is 30.6. The zero-order valence-corrected chi connectivity index (χ0v) is 25.6. The van der Waals surface area contributed by atoms with Gasteiger partial charge in [0.25, 0.3) is 0 Å². The summed E-state index contributed by atoms with van der Waals surface area (Å²) in [4.78, 5) is 40.6. The highest BCUT2D eigenvalue weighted by atomic mass is 16.5. The maximum Gasteiger partial charge on any atom is 0.327 e. The molecular formula is C31H45N7O5. The van der Waals surface area contributed by atoms with Gasteiger partial charge in [-0.15, -0.1) is 0 Å². The molecule has 1 aliphatic heterocycles. The summed E-state index contributed by atoms with van der Waals surface area (Å²) in [6.45, 7) is 6.40. The Morgan fingerprint density at radius 1 is 1.23 bits per heavy atom. The first-order chi connectivity index (χ1) is 20.9. The molecule has 1 aromatic carbocycles. The number of aromatic nitrogens is 4. The van der Waals surface area contributed by atoms with Gasteiger partial charge in [-0.05, 0) is 62.2 Å². The van der Waals surface area contributed by atoms with Crippen LogP contribution in [0, 0.1) is 0 Å². The summed E-state index contributed by atoms with van der Waals surface area (Å²) in [5.41, 5.74) is 7.69. The number of nitrogens with two attached hydrogens (primary N) is 1. The second kappa shape index (κ2) is 16.0. The maximum atomic E-state index is 12.8. The minimum absolute atomic E-state index is 0.207. The number of nitrogen functional groups attached to an aromatic ring is 1. The SMILES string of the molecule is CCCCOc1nc(N)c2[nH]c(=O)n(CCC3CCCCN3CCN(C)/C=C/COc3cccc(CC(=O)OC)c3)c2n1. The summed E-state index contributed by atoms with van der Waals surface area (Å²) < 4.78 is 17.9. The highest BCUT2D eigenvalue weighted by molar-refractivity contribution is 5.81. The molecule has 12 heteroatoms. The fourth-order valence-electron chi connectivity index (χ4n) is 5.28. The van der Waals surface area contributed by atoms with Gasteiger partial charge in [-0.1, -0.05) is 31.9 Å². The molecule has 3 heterocycles. The van der Waals surface area contributed by atoms with Crippen molar-refractivity contribution >= 4 is 23.0 Å². The number of imidazole rings is 1. The first-order valence-electron chi connectivity index (χ1n) is 15.2. The second-order valence-electron chi connectivity index (χ2n) is 10.9. The van der Waals surface area contributed by atoms with Crippen molar-refractivity contribution in [3.8, 4) is 11.8 Å². The number of aromatic amines is 1. The number of benzene rings is 1. The molecular weight excluding hydrogens is 550 g/mol. The Labute approximate surface area is 252 Å². The van der Waals surface area contributed by atoms with Gasteiger partial charge in [0.05, 0.1) is 20.1 Å². The zero-order valence-electron chi connectivity index (χ0n) is 25.6. The van der Waals surface area contributed by atoms with E-state index in [2.05, 4.69) is 38.7 Å². The van der Waals surface area contributed by atoms with E-state index in [4.69, 9.17) is 19.9 Å². The number of unbranched alkanes of at least 4 members (excludes halogenated alkanes) is 1. The number of H-pyrrole nitrogens is 1. The molecule has 0 spiro atoms. The van der Waals surface area contributed by atoms with Crippen molar-refractivity contribution < 1.29 is 19.0 Å². The third kappa shape index (κ3) is 9.21. The number of hydrogen-bond acceptors (Lipinski definition) is 10. The largest absolute Gasteiger partial charge is 0.489 e. The fraction of sp³-hybridized carbons (Fsp3) is 0.548. The second-order valence-corrected chi connectivity index (χ2v) is 10.9. The number of likely N-dealkylation sites (tertiary alicyclic amines) is 1. The Balaban J connectivity index is 1.27. The summed E-state index contributed by atoms with van der Waals surface area (Å²) >= 11 is 0. The lowest BCUT2D eigenvalue weighted by atomic mass is 9.99. The number of ether oxygens (including phenoxy) is 3. The number of piperidine rings is 1. The van der Waals surface area contributed by atoms with Crippen LogP contribution in [0.2, 0.25) is 0 Å². The molecule has 1 unspecified atom stereocenters. The highest BCUT2D eigenvalue weighted by Gasteiger charge is 2.23. The minimum Gasteiger partial charge on any atom is -0.489 e. The number of carbonyl (C=O) groups excluding carboxylic acids is 1. The summed E-state index contributed by atoms with van der Waals surface area (Å²) in [5.74, 6) is 0.664. The lowest BCUT2D eigenvalue weighted by Gasteiger charge is -2.36. The fourth-order valence-corrected chi connectivity index (χ4v) is 5.28. The average molecular weight is 596 g/mol. The van der Waals surface area contributed by atoms with Crippen LogP contribution in [0.1, 0.15) is 51.0 Å². The van der Waals surface area contributed by atoms with Crippen LogP contribution in [0.4, 0.5) is 5.82 Å². The number of esters is 1.